The number of hydrogen-bond donors (Lipinski definition) is 1. The molecule has 1 saturated heterocycles. The summed E-state index contributed by atoms with van der Waals surface area (Å²) >= 11 is 0. The van der Waals surface area contributed by atoms with Crippen molar-refractivity contribution in [1.29, 1.82) is 0 Å². The maximum atomic E-state index is 14.2. The Morgan fingerprint density at radius 2 is 1.71 bits per heavy atom. The average molecular weight is 288 g/mol. The molecular formula is C17H18F2N2. The molecule has 0 amide bonds. The predicted octanol–water partition coefficient (Wildman–Crippen LogP) is 4.18. The number of nitrogens with zero attached hydrogens (tertiary/aromatic N) is 1. The highest BCUT2D eigenvalue weighted by atomic mass is 19.1. The van der Waals surface area contributed by atoms with Gasteiger partial charge in [-0.2, -0.15) is 0 Å². The molecule has 1 N–H and O–H groups in total. The minimum absolute atomic E-state index is 0.226. The van der Waals surface area contributed by atoms with Crippen molar-refractivity contribution in [3.05, 3.63) is 59.7 Å². The van der Waals surface area contributed by atoms with Crippen LogP contribution in [0, 0.1) is 11.6 Å². The smallest absolute Gasteiger partial charge is 0.148 e. The summed E-state index contributed by atoms with van der Waals surface area (Å²) in [6.45, 7) is 2.17. The van der Waals surface area contributed by atoms with Crippen LogP contribution in [0.1, 0.15) is 18.4 Å². The van der Waals surface area contributed by atoms with Gasteiger partial charge in [0.15, 0.2) is 0 Å². The molecule has 0 unspecified atom stereocenters. The number of benzene rings is 2. The van der Waals surface area contributed by atoms with Crippen LogP contribution in [-0.4, -0.2) is 13.1 Å². The fourth-order valence-electron chi connectivity index (χ4n) is 2.67. The molecule has 3 rings (SSSR count). The molecule has 1 aliphatic heterocycles. The van der Waals surface area contributed by atoms with E-state index in [0.29, 0.717) is 23.5 Å². The Morgan fingerprint density at radius 1 is 0.952 bits per heavy atom. The average Bonchev–Trinajstić information content (AvgIpc) is 3.00. The third kappa shape index (κ3) is 3.15. The van der Waals surface area contributed by atoms with Gasteiger partial charge < -0.3 is 10.2 Å². The monoisotopic (exact) mass is 288 g/mol. The number of hydrogen-bond acceptors (Lipinski definition) is 2. The molecule has 21 heavy (non-hydrogen) atoms. The lowest BCUT2D eigenvalue weighted by molar-refractivity contribution is 0.612. The van der Waals surface area contributed by atoms with Gasteiger partial charge >= 0.3 is 0 Å². The topological polar surface area (TPSA) is 15.3 Å². The standard InChI is InChI=1S/C17H18F2N2/c18-15-6-2-1-5-13(15)12-20-14-7-8-17(16(19)11-14)21-9-3-4-10-21/h1-2,5-8,11,20H,3-4,9-10,12H2. The highest BCUT2D eigenvalue weighted by Crippen LogP contribution is 2.26. The molecule has 2 aromatic carbocycles. The van der Waals surface area contributed by atoms with E-state index in [2.05, 4.69) is 10.2 Å². The first kappa shape index (κ1) is 13.9. The van der Waals surface area contributed by atoms with E-state index >= 15 is 0 Å². The van der Waals surface area contributed by atoms with Crippen LogP contribution in [0.25, 0.3) is 0 Å². The molecule has 0 aromatic heterocycles. The third-order valence-electron chi connectivity index (χ3n) is 3.84. The van der Waals surface area contributed by atoms with Gasteiger partial charge in [-0.3, -0.25) is 0 Å². The van der Waals surface area contributed by atoms with Crippen molar-refractivity contribution in [2.24, 2.45) is 0 Å². The van der Waals surface area contributed by atoms with Gasteiger partial charge in [-0.15, -0.1) is 0 Å². The first-order chi connectivity index (χ1) is 10.2. The number of halogens is 2. The van der Waals surface area contributed by atoms with E-state index in [1.165, 1.54) is 12.1 Å². The molecule has 2 nitrogen and oxygen atoms in total. The van der Waals surface area contributed by atoms with Gasteiger partial charge in [0.25, 0.3) is 0 Å². The fourth-order valence-corrected chi connectivity index (χ4v) is 2.67. The zero-order chi connectivity index (χ0) is 14.7. The molecule has 110 valence electrons. The van der Waals surface area contributed by atoms with Crippen molar-refractivity contribution in [1.82, 2.24) is 0 Å². The van der Waals surface area contributed by atoms with E-state index in [0.717, 1.165) is 25.9 Å². The Kier molecular flexibility index (Phi) is 4.04. The number of anilines is 2. The maximum absolute atomic E-state index is 14.2. The second-order valence-electron chi connectivity index (χ2n) is 5.31. The molecule has 0 radical (unpaired) electrons. The molecule has 0 bridgehead atoms. The first-order valence-corrected chi connectivity index (χ1v) is 7.26. The van der Waals surface area contributed by atoms with Crippen LogP contribution in [-0.2, 0) is 6.54 Å². The quantitative estimate of drug-likeness (QED) is 0.908. The van der Waals surface area contributed by atoms with Crippen LogP contribution in [0.4, 0.5) is 20.2 Å². The predicted molar refractivity (Wildman–Crippen MR) is 81.6 cm³/mol. The second kappa shape index (κ2) is 6.12. The van der Waals surface area contributed by atoms with E-state index in [1.54, 1.807) is 24.3 Å². The summed E-state index contributed by atoms with van der Waals surface area (Å²) in [7, 11) is 0. The summed E-state index contributed by atoms with van der Waals surface area (Å²) in [6, 6.07) is 11.7. The van der Waals surface area contributed by atoms with Gasteiger partial charge in [-0.25, -0.2) is 8.78 Å². The van der Waals surface area contributed by atoms with Gasteiger partial charge in [-0.1, -0.05) is 18.2 Å². The first-order valence-electron chi connectivity index (χ1n) is 7.26. The van der Waals surface area contributed by atoms with Crippen LogP contribution in [0.2, 0.25) is 0 Å². The fraction of sp³-hybridized carbons (Fsp3) is 0.294. The lowest BCUT2D eigenvalue weighted by Gasteiger charge is -2.19. The molecular weight excluding hydrogens is 270 g/mol. The lowest BCUT2D eigenvalue weighted by Crippen LogP contribution is -2.19. The Labute approximate surface area is 123 Å². The minimum atomic E-state index is -0.251. The number of nitrogens with one attached hydrogen (secondary N) is 1. The van der Waals surface area contributed by atoms with Crippen LogP contribution in [0.5, 0.6) is 0 Å². The van der Waals surface area contributed by atoms with E-state index in [-0.39, 0.29) is 11.6 Å². The van der Waals surface area contributed by atoms with Crippen LogP contribution in [0.15, 0.2) is 42.5 Å². The molecule has 2 aromatic rings. The largest absolute Gasteiger partial charge is 0.381 e. The Balaban J connectivity index is 1.69. The summed E-state index contributed by atoms with van der Waals surface area (Å²) in [5.41, 5.74) is 1.89. The summed E-state index contributed by atoms with van der Waals surface area (Å²) < 4.78 is 27.7. The van der Waals surface area contributed by atoms with Gasteiger partial charge in [0, 0.05) is 30.9 Å². The summed E-state index contributed by atoms with van der Waals surface area (Å²) in [4.78, 5) is 2.07. The molecule has 4 heteroatoms. The zero-order valence-electron chi connectivity index (χ0n) is 11.8. The van der Waals surface area contributed by atoms with Crippen LogP contribution >= 0.6 is 0 Å². The van der Waals surface area contributed by atoms with E-state index in [4.69, 9.17) is 0 Å². The Morgan fingerprint density at radius 3 is 2.43 bits per heavy atom. The molecule has 0 saturated carbocycles. The van der Waals surface area contributed by atoms with Crippen LogP contribution in [0.3, 0.4) is 0 Å². The third-order valence-corrected chi connectivity index (χ3v) is 3.84. The van der Waals surface area contributed by atoms with Gasteiger partial charge in [0.1, 0.15) is 11.6 Å². The van der Waals surface area contributed by atoms with Crippen molar-refractivity contribution in [2.45, 2.75) is 19.4 Å². The minimum Gasteiger partial charge on any atom is -0.381 e. The normalized spacial score (nSPS) is 14.5. The maximum Gasteiger partial charge on any atom is 0.148 e. The SMILES string of the molecule is Fc1ccccc1CNc1ccc(N2CCCC2)c(F)c1. The molecule has 0 aliphatic carbocycles. The van der Waals surface area contributed by atoms with E-state index in [9.17, 15) is 8.78 Å². The van der Waals surface area contributed by atoms with Gasteiger partial charge in [-0.05, 0) is 37.1 Å². The van der Waals surface area contributed by atoms with Crippen molar-refractivity contribution in [3.63, 3.8) is 0 Å². The zero-order valence-corrected chi connectivity index (χ0v) is 11.8. The van der Waals surface area contributed by atoms with Crippen molar-refractivity contribution in [3.8, 4) is 0 Å². The Bertz CT molecular complexity index is 622. The molecule has 1 fully saturated rings. The number of rotatable bonds is 4. The molecule has 0 atom stereocenters. The molecule has 1 aliphatic rings. The van der Waals surface area contributed by atoms with E-state index < -0.39 is 0 Å². The second-order valence-corrected chi connectivity index (χ2v) is 5.31. The van der Waals surface area contributed by atoms with Crippen LogP contribution < -0.4 is 10.2 Å². The van der Waals surface area contributed by atoms with Crippen molar-refractivity contribution >= 4 is 11.4 Å². The Hall–Kier alpha value is -2.10. The summed E-state index contributed by atoms with van der Waals surface area (Å²) in [5, 5.41) is 3.06. The molecule has 1 heterocycles. The van der Waals surface area contributed by atoms with Crippen molar-refractivity contribution < 1.29 is 8.78 Å². The summed E-state index contributed by atoms with van der Waals surface area (Å²) in [5.74, 6) is -0.477. The van der Waals surface area contributed by atoms with Gasteiger partial charge in [0.05, 0.1) is 5.69 Å². The van der Waals surface area contributed by atoms with Gasteiger partial charge in [0.2, 0.25) is 0 Å². The lowest BCUT2D eigenvalue weighted by atomic mass is 10.2. The summed E-state index contributed by atoms with van der Waals surface area (Å²) in [6.07, 6.45) is 2.24. The highest BCUT2D eigenvalue weighted by Gasteiger charge is 2.16. The molecule has 0 spiro atoms. The van der Waals surface area contributed by atoms with Crippen molar-refractivity contribution in [2.75, 3.05) is 23.3 Å². The highest BCUT2D eigenvalue weighted by molar-refractivity contribution is 5.56. The van der Waals surface area contributed by atoms with E-state index in [1.807, 2.05) is 6.07 Å².